The van der Waals surface area contributed by atoms with Crippen LogP contribution in [0.2, 0.25) is 0 Å². The first-order valence-electron chi connectivity index (χ1n) is 5.03. The van der Waals surface area contributed by atoms with E-state index in [-0.39, 0.29) is 11.8 Å². The van der Waals surface area contributed by atoms with Crippen LogP contribution in [-0.2, 0) is 16.0 Å². The zero-order valence-electron chi connectivity index (χ0n) is 8.64. The summed E-state index contributed by atoms with van der Waals surface area (Å²) in [5, 5.41) is 2.19. The molecule has 1 aromatic rings. The molecule has 2 amide bonds. The highest BCUT2D eigenvalue weighted by atomic mass is 16.2. The highest BCUT2D eigenvalue weighted by molar-refractivity contribution is 6.17. The maximum Gasteiger partial charge on any atom is 0.258 e. The summed E-state index contributed by atoms with van der Waals surface area (Å²) < 4.78 is 0. The van der Waals surface area contributed by atoms with Crippen molar-refractivity contribution < 1.29 is 9.59 Å². The molecule has 1 aromatic carbocycles. The van der Waals surface area contributed by atoms with E-state index in [4.69, 9.17) is 0 Å². The molecular formula is C13H11NO2. The SMILES string of the molecule is O=C1C=C(C=CCc2ccccc2)C(=O)N1. The van der Waals surface area contributed by atoms with Crippen LogP contribution in [0.25, 0.3) is 0 Å². The van der Waals surface area contributed by atoms with Crippen molar-refractivity contribution in [3.63, 3.8) is 0 Å². The van der Waals surface area contributed by atoms with E-state index in [2.05, 4.69) is 5.32 Å². The first-order valence-corrected chi connectivity index (χ1v) is 5.03. The van der Waals surface area contributed by atoms with Gasteiger partial charge in [0.05, 0.1) is 0 Å². The van der Waals surface area contributed by atoms with Crippen molar-refractivity contribution in [2.45, 2.75) is 6.42 Å². The molecule has 1 aliphatic rings. The van der Waals surface area contributed by atoms with Gasteiger partial charge >= 0.3 is 0 Å². The van der Waals surface area contributed by atoms with Crippen LogP contribution < -0.4 is 5.32 Å². The standard InChI is InChI=1S/C13H11NO2/c15-12-9-11(13(16)14-12)8-4-7-10-5-2-1-3-6-10/h1-6,8-9H,7H2,(H,14,15,16). The number of imide groups is 1. The number of carbonyl (C=O) groups is 2. The normalized spacial score (nSPS) is 15.4. The molecule has 1 N–H and O–H groups in total. The Morgan fingerprint density at radius 2 is 1.88 bits per heavy atom. The summed E-state index contributed by atoms with van der Waals surface area (Å²) in [4.78, 5) is 22.0. The van der Waals surface area contributed by atoms with Crippen molar-refractivity contribution in [2.24, 2.45) is 0 Å². The van der Waals surface area contributed by atoms with Crippen LogP contribution in [0.5, 0.6) is 0 Å². The van der Waals surface area contributed by atoms with Crippen LogP contribution in [0.15, 0.2) is 54.1 Å². The molecule has 3 nitrogen and oxygen atoms in total. The highest BCUT2D eigenvalue weighted by Gasteiger charge is 2.17. The summed E-state index contributed by atoms with van der Waals surface area (Å²) in [7, 11) is 0. The lowest BCUT2D eigenvalue weighted by atomic mass is 10.1. The lowest BCUT2D eigenvalue weighted by molar-refractivity contribution is -0.123. The van der Waals surface area contributed by atoms with Crippen molar-refractivity contribution in [3.05, 3.63) is 59.7 Å². The molecule has 0 radical (unpaired) electrons. The molecule has 0 saturated carbocycles. The predicted octanol–water partition coefficient (Wildman–Crippen LogP) is 1.37. The predicted molar refractivity (Wildman–Crippen MR) is 60.5 cm³/mol. The smallest absolute Gasteiger partial charge is 0.258 e. The second-order valence-corrected chi connectivity index (χ2v) is 3.51. The fourth-order valence-electron chi connectivity index (χ4n) is 1.49. The molecule has 0 aliphatic carbocycles. The van der Waals surface area contributed by atoms with Gasteiger partial charge in [0.15, 0.2) is 0 Å². The van der Waals surface area contributed by atoms with Gasteiger partial charge in [-0.2, -0.15) is 0 Å². The Morgan fingerprint density at radius 1 is 1.12 bits per heavy atom. The average molecular weight is 213 g/mol. The molecule has 0 fully saturated rings. The maximum absolute atomic E-state index is 11.2. The van der Waals surface area contributed by atoms with E-state index in [0.29, 0.717) is 5.57 Å². The maximum atomic E-state index is 11.2. The second kappa shape index (κ2) is 4.57. The Labute approximate surface area is 93.5 Å². The van der Waals surface area contributed by atoms with Crippen LogP contribution in [-0.4, -0.2) is 11.8 Å². The van der Waals surface area contributed by atoms with Crippen molar-refractivity contribution in [2.75, 3.05) is 0 Å². The van der Waals surface area contributed by atoms with E-state index in [9.17, 15) is 9.59 Å². The van der Waals surface area contributed by atoms with E-state index in [1.54, 1.807) is 6.08 Å². The number of rotatable bonds is 3. The van der Waals surface area contributed by atoms with Crippen LogP contribution in [0, 0.1) is 0 Å². The van der Waals surface area contributed by atoms with Gasteiger partial charge in [0.1, 0.15) is 0 Å². The molecule has 0 unspecified atom stereocenters. The molecule has 0 atom stereocenters. The molecule has 16 heavy (non-hydrogen) atoms. The van der Waals surface area contributed by atoms with Gasteiger partial charge in [-0.25, -0.2) is 0 Å². The molecule has 1 heterocycles. The first-order chi connectivity index (χ1) is 7.75. The number of carbonyl (C=O) groups excluding carboxylic acids is 2. The third-order valence-corrected chi connectivity index (χ3v) is 2.28. The van der Waals surface area contributed by atoms with Gasteiger partial charge in [-0.15, -0.1) is 0 Å². The lowest BCUT2D eigenvalue weighted by Crippen LogP contribution is -2.21. The second-order valence-electron chi connectivity index (χ2n) is 3.51. The quantitative estimate of drug-likeness (QED) is 0.771. The van der Waals surface area contributed by atoms with E-state index >= 15 is 0 Å². The van der Waals surface area contributed by atoms with Crippen LogP contribution >= 0.6 is 0 Å². The largest absolute Gasteiger partial charge is 0.289 e. The molecule has 1 aliphatic heterocycles. The van der Waals surface area contributed by atoms with Gasteiger partial charge in [0, 0.05) is 11.6 Å². The molecule has 80 valence electrons. The van der Waals surface area contributed by atoms with Crippen LogP contribution in [0.1, 0.15) is 5.56 Å². The van der Waals surface area contributed by atoms with E-state index in [0.717, 1.165) is 6.42 Å². The van der Waals surface area contributed by atoms with E-state index in [1.165, 1.54) is 11.6 Å². The first kappa shape index (κ1) is 10.4. The van der Waals surface area contributed by atoms with Crippen molar-refractivity contribution in [3.8, 4) is 0 Å². The molecule has 0 aromatic heterocycles. The molecule has 0 spiro atoms. The number of allylic oxidation sites excluding steroid dienone is 1. The van der Waals surface area contributed by atoms with E-state index in [1.807, 2.05) is 36.4 Å². The van der Waals surface area contributed by atoms with Gasteiger partial charge in [-0.1, -0.05) is 42.5 Å². The van der Waals surface area contributed by atoms with Crippen molar-refractivity contribution >= 4 is 11.8 Å². The third kappa shape index (κ3) is 2.45. The van der Waals surface area contributed by atoms with Gasteiger partial charge in [-0.3, -0.25) is 14.9 Å². The molecular weight excluding hydrogens is 202 g/mol. The highest BCUT2D eigenvalue weighted by Crippen LogP contribution is 2.06. The zero-order valence-corrected chi connectivity index (χ0v) is 8.64. The average Bonchev–Trinajstić information content (AvgIpc) is 2.59. The third-order valence-electron chi connectivity index (χ3n) is 2.28. The lowest BCUT2D eigenvalue weighted by Gasteiger charge is -1.94. The van der Waals surface area contributed by atoms with E-state index < -0.39 is 0 Å². The monoisotopic (exact) mass is 213 g/mol. The number of amides is 2. The summed E-state index contributed by atoms with van der Waals surface area (Å²) in [6.07, 6.45) is 5.61. The topological polar surface area (TPSA) is 46.2 Å². The van der Waals surface area contributed by atoms with Gasteiger partial charge in [-0.05, 0) is 12.0 Å². The fourth-order valence-corrected chi connectivity index (χ4v) is 1.49. The molecule has 2 rings (SSSR count). The molecule has 0 saturated heterocycles. The minimum Gasteiger partial charge on any atom is -0.289 e. The minimum absolute atomic E-state index is 0.325. The fraction of sp³-hybridized carbons (Fsp3) is 0.0769. The summed E-state index contributed by atoms with van der Waals surface area (Å²) >= 11 is 0. The number of benzene rings is 1. The Kier molecular flexibility index (Phi) is 2.96. The number of nitrogens with one attached hydrogen (secondary N) is 1. The Hall–Kier alpha value is -2.16. The number of hydrogen-bond acceptors (Lipinski definition) is 2. The van der Waals surface area contributed by atoms with Gasteiger partial charge < -0.3 is 0 Å². The summed E-state index contributed by atoms with van der Waals surface area (Å²) in [6.45, 7) is 0. The summed E-state index contributed by atoms with van der Waals surface area (Å²) in [5.41, 5.74) is 1.59. The molecule has 0 bridgehead atoms. The Balaban J connectivity index is 1.98. The van der Waals surface area contributed by atoms with Gasteiger partial charge in [0.25, 0.3) is 11.8 Å². The van der Waals surface area contributed by atoms with Crippen molar-refractivity contribution in [1.29, 1.82) is 0 Å². The zero-order chi connectivity index (χ0) is 11.4. The molecule has 3 heteroatoms. The Morgan fingerprint density at radius 3 is 2.50 bits per heavy atom. The minimum atomic E-state index is -0.343. The van der Waals surface area contributed by atoms with Crippen LogP contribution in [0.4, 0.5) is 0 Å². The van der Waals surface area contributed by atoms with Crippen LogP contribution in [0.3, 0.4) is 0 Å². The summed E-state index contributed by atoms with van der Waals surface area (Å²) in [5.74, 6) is -0.668. The van der Waals surface area contributed by atoms with Crippen molar-refractivity contribution in [1.82, 2.24) is 5.32 Å². The Bertz CT molecular complexity index is 472. The summed E-state index contributed by atoms with van der Waals surface area (Å²) in [6, 6.07) is 9.92. The van der Waals surface area contributed by atoms with Gasteiger partial charge in [0.2, 0.25) is 0 Å². The number of hydrogen-bond donors (Lipinski definition) is 1.